The maximum Gasteiger partial charge on any atom is 0.254 e. The van der Waals surface area contributed by atoms with Gasteiger partial charge in [0.1, 0.15) is 5.52 Å². The van der Waals surface area contributed by atoms with Crippen molar-refractivity contribution in [3.8, 4) is 0 Å². The summed E-state index contributed by atoms with van der Waals surface area (Å²) in [4.78, 5) is 17.2. The molecule has 4 rings (SSSR count). The van der Waals surface area contributed by atoms with Crippen LogP contribution in [-0.4, -0.2) is 63.4 Å². The van der Waals surface area contributed by atoms with Gasteiger partial charge in [-0.2, -0.15) is 0 Å². The van der Waals surface area contributed by atoms with Gasteiger partial charge in [-0.25, -0.2) is 4.68 Å². The van der Waals surface area contributed by atoms with Gasteiger partial charge in [0.25, 0.3) is 5.91 Å². The molecule has 1 saturated heterocycles. The highest BCUT2D eigenvalue weighted by Crippen LogP contribution is 2.30. The third-order valence-electron chi connectivity index (χ3n) is 5.79. The topological polar surface area (TPSA) is 54.3 Å². The summed E-state index contributed by atoms with van der Waals surface area (Å²) in [6.07, 6.45) is 6.20. The Morgan fingerprint density at radius 2 is 1.89 bits per heavy atom. The van der Waals surface area contributed by atoms with Crippen LogP contribution in [0, 0.1) is 0 Å². The van der Waals surface area contributed by atoms with Gasteiger partial charge in [-0.1, -0.05) is 36.6 Å². The van der Waals surface area contributed by atoms with Crippen molar-refractivity contribution >= 4 is 16.9 Å². The van der Waals surface area contributed by atoms with Gasteiger partial charge in [-0.15, -0.1) is 5.10 Å². The SMILES string of the molecule is C=C(C)CN1CCN(C(=O)c2ccc3c(c2)nnn3C2CCCCC2)CC1. The van der Waals surface area contributed by atoms with Gasteiger partial charge < -0.3 is 4.90 Å². The fourth-order valence-corrected chi connectivity index (χ4v) is 4.34. The molecule has 1 amide bonds. The molecule has 1 aliphatic heterocycles. The summed E-state index contributed by atoms with van der Waals surface area (Å²) in [5.41, 5.74) is 3.75. The molecule has 1 aromatic carbocycles. The molecule has 27 heavy (non-hydrogen) atoms. The highest BCUT2D eigenvalue weighted by molar-refractivity contribution is 5.97. The van der Waals surface area contributed by atoms with Gasteiger partial charge in [0.15, 0.2) is 0 Å². The lowest BCUT2D eigenvalue weighted by Gasteiger charge is -2.34. The molecule has 6 heteroatoms. The minimum atomic E-state index is 0.0964. The van der Waals surface area contributed by atoms with Crippen molar-refractivity contribution in [3.05, 3.63) is 35.9 Å². The lowest BCUT2D eigenvalue weighted by molar-refractivity contribution is 0.0648. The van der Waals surface area contributed by atoms with Crippen LogP contribution in [0.5, 0.6) is 0 Å². The Kier molecular flexibility index (Phi) is 5.25. The molecule has 0 atom stereocenters. The molecule has 2 aliphatic rings. The van der Waals surface area contributed by atoms with Crippen molar-refractivity contribution in [2.24, 2.45) is 0 Å². The first-order valence-corrected chi connectivity index (χ1v) is 10.1. The van der Waals surface area contributed by atoms with E-state index in [1.807, 2.05) is 30.0 Å². The van der Waals surface area contributed by atoms with Gasteiger partial charge in [-0.05, 0) is 38.0 Å². The van der Waals surface area contributed by atoms with Gasteiger partial charge in [0.2, 0.25) is 0 Å². The van der Waals surface area contributed by atoms with Gasteiger partial charge in [0, 0.05) is 38.3 Å². The van der Waals surface area contributed by atoms with Crippen molar-refractivity contribution < 1.29 is 4.79 Å². The number of benzene rings is 1. The Morgan fingerprint density at radius 1 is 1.15 bits per heavy atom. The van der Waals surface area contributed by atoms with Crippen LogP contribution in [0.2, 0.25) is 0 Å². The zero-order chi connectivity index (χ0) is 18.8. The van der Waals surface area contributed by atoms with Crippen LogP contribution in [0.3, 0.4) is 0 Å². The Balaban J connectivity index is 1.46. The molecular weight excluding hydrogens is 338 g/mol. The highest BCUT2D eigenvalue weighted by Gasteiger charge is 2.23. The maximum absolute atomic E-state index is 12.9. The molecule has 6 nitrogen and oxygen atoms in total. The number of amides is 1. The predicted octanol–water partition coefficient (Wildman–Crippen LogP) is 3.27. The second-order valence-electron chi connectivity index (χ2n) is 8.05. The van der Waals surface area contributed by atoms with Crippen molar-refractivity contribution in [2.45, 2.75) is 45.1 Å². The first kappa shape index (κ1) is 18.2. The summed E-state index contributed by atoms with van der Waals surface area (Å²) in [6, 6.07) is 6.32. The minimum absolute atomic E-state index is 0.0964. The second-order valence-corrected chi connectivity index (χ2v) is 8.05. The van der Waals surface area contributed by atoms with Crippen LogP contribution in [0.1, 0.15) is 55.4 Å². The zero-order valence-corrected chi connectivity index (χ0v) is 16.2. The van der Waals surface area contributed by atoms with Crippen LogP contribution >= 0.6 is 0 Å². The van der Waals surface area contributed by atoms with Crippen LogP contribution in [-0.2, 0) is 0 Å². The van der Waals surface area contributed by atoms with Gasteiger partial charge in [-0.3, -0.25) is 9.69 Å². The first-order chi connectivity index (χ1) is 13.1. The normalized spacial score (nSPS) is 19.5. The number of carbonyl (C=O) groups is 1. The van der Waals surface area contributed by atoms with E-state index in [4.69, 9.17) is 0 Å². The fraction of sp³-hybridized carbons (Fsp3) is 0.571. The van der Waals surface area contributed by atoms with E-state index in [2.05, 4.69) is 26.5 Å². The van der Waals surface area contributed by atoms with E-state index in [0.29, 0.717) is 11.6 Å². The van der Waals surface area contributed by atoms with E-state index < -0.39 is 0 Å². The van der Waals surface area contributed by atoms with E-state index in [1.54, 1.807) is 0 Å². The van der Waals surface area contributed by atoms with E-state index in [9.17, 15) is 4.79 Å². The third kappa shape index (κ3) is 3.90. The Labute approximate surface area is 160 Å². The van der Waals surface area contributed by atoms with E-state index in [1.165, 1.54) is 37.7 Å². The molecule has 144 valence electrons. The quantitative estimate of drug-likeness (QED) is 0.779. The average molecular weight is 367 g/mol. The number of rotatable bonds is 4. The minimum Gasteiger partial charge on any atom is -0.336 e. The molecule has 1 aliphatic carbocycles. The van der Waals surface area contributed by atoms with E-state index >= 15 is 0 Å². The van der Waals surface area contributed by atoms with Crippen LogP contribution in [0.15, 0.2) is 30.4 Å². The lowest BCUT2D eigenvalue weighted by Crippen LogP contribution is -2.48. The molecule has 0 N–H and O–H groups in total. The molecule has 0 bridgehead atoms. The molecule has 1 aromatic heterocycles. The Hall–Kier alpha value is -2.21. The fourth-order valence-electron chi connectivity index (χ4n) is 4.34. The van der Waals surface area contributed by atoms with Crippen LogP contribution < -0.4 is 0 Å². The molecule has 2 heterocycles. The summed E-state index contributed by atoms with van der Waals surface area (Å²) in [5, 5.41) is 8.75. The number of hydrogen-bond donors (Lipinski definition) is 0. The molecular formula is C21H29N5O. The first-order valence-electron chi connectivity index (χ1n) is 10.1. The highest BCUT2D eigenvalue weighted by atomic mass is 16.2. The van der Waals surface area contributed by atoms with Gasteiger partial charge in [0.05, 0.1) is 11.6 Å². The summed E-state index contributed by atoms with van der Waals surface area (Å²) in [5.74, 6) is 0.0964. The number of hydrogen-bond acceptors (Lipinski definition) is 4. The zero-order valence-electron chi connectivity index (χ0n) is 16.2. The summed E-state index contributed by atoms with van der Waals surface area (Å²) in [7, 11) is 0. The number of piperazine rings is 1. The molecule has 0 spiro atoms. The van der Waals surface area contributed by atoms with Crippen LogP contribution in [0.4, 0.5) is 0 Å². The molecule has 2 fully saturated rings. The number of fused-ring (bicyclic) bond motifs is 1. The molecule has 0 radical (unpaired) electrons. The molecule has 0 unspecified atom stereocenters. The van der Waals surface area contributed by atoms with Crippen LogP contribution in [0.25, 0.3) is 11.0 Å². The molecule has 2 aromatic rings. The van der Waals surface area contributed by atoms with Crippen molar-refractivity contribution in [3.63, 3.8) is 0 Å². The number of nitrogens with zero attached hydrogens (tertiary/aromatic N) is 5. The smallest absolute Gasteiger partial charge is 0.254 e. The second kappa shape index (κ2) is 7.80. The standard InChI is InChI=1S/C21H29N5O/c1-16(2)15-24-10-12-25(13-11-24)21(27)17-8-9-20-19(14-17)22-23-26(20)18-6-4-3-5-7-18/h8-9,14,18H,1,3-7,10-13,15H2,2H3. The predicted molar refractivity (Wildman–Crippen MR) is 107 cm³/mol. The van der Waals surface area contributed by atoms with Crippen molar-refractivity contribution in [2.75, 3.05) is 32.7 Å². The summed E-state index contributed by atoms with van der Waals surface area (Å²) >= 11 is 0. The van der Waals surface area contributed by atoms with Crippen molar-refractivity contribution in [1.29, 1.82) is 0 Å². The largest absolute Gasteiger partial charge is 0.336 e. The maximum atomic E-state index is 12.9. The number of carbonyl (C=O) groups excluding carboxylic acids is 1. The molecule has 1 saturated carbocycles. The Morgan fingerprint density at radius 3 is 2.59 bits per heavy atom. The van der Waals surface area contributed by atoms with E-state index in [-0.39, 0.29) is 5.91 Å². The lowest BCUT2D eigenvalue weighted by atomic mass is 9.95. The number of aromatic nitrogens is 3. The Bertz CT molecular complexity index is 828. The average Bonchev–Trinajstić information content (AvgIpc) is 3.11. The monoisotopic (exact) mass is 367 g/mol. The van der Waals surface area contributed by atoms with Gasteiger partial charge >= 0.3 is 0 Å². The summed E-state index contributed by atoms with van der Waals surface area (Å²) < 4.78 is 2.07. The van der Waals surface area contributed by atoms with E-state index in [0.717, 1.165) is 43.8 Å². The van der Waals surface area contributed by atoms with Crippen molar-refractivity contribution in [1.82, 2.24) is 24.8 Å². The third-order valence-corrected chi connectivity index (χ3v) is 5.79. The summed E-state index contributed by atoms with van der Waals surface area (Å²) in [6.45, 7) is 10.3.